The molecule has 1 amide bonds. The maximum Gasteiger partial charge on any atom is 0.209 e. The van der Waals surface area contributed by atoms with Crippen LogP contribution in [0, 0.1) is 0 Å². The van der Waals surface area contributed by atoms with E-state index in [1.165, 1.54) is 32.1 Å². The Balaban J connectivity index is 3.14. The van der Waals surface area contributed by atoms with Crippen molar-refractivity contribution in [2.75, 3.05) is 13.6 Å². The third kappa shape index (κ3) is 9.30. The molecule has 0 spiro atoms. The van der Waals surface area contributed by atoms with Crippen LogP contribution in [0.3, 0.4) is 0 Å². The highest BCUT2D eigenvalue weighted by Crippen LogP contribution is 2.05. The lowest BCUT2D eigenvalue weighted by molar-refractivity contribution is -0.116. The van der Waals surface area contributed by atoms with Crippen LogP contribution in [-0.2, 0) is 4.79 Å². The van der Waals surface area contributed by atoms with E-state index in [2.05, 4.69) is 19.1 Å². The van der Waals surface area contributed by atoms with E-state index in [0.717, 1.165) is 19.4 Å². The van der Waals surface area contributed by atoms with Gasteiger partial charge in [0.05, 0.1) is 0 Å². The van der Waals surface area contributed by atoms with Gasteiger partial charge in [0.15, 0.2) is 0 Å². The Hall–Kier alpha value is -0.790. The molecule has 0 bridgehead atoms. The first kappa shape index (κ1) is 13.2. The number of unbranched alkanes of at least 4 members (excludes halogenated alkanes) is 5. The Morgan fingerprint density at radius 2 is 1.79 bits per heavy atom. The minimum absolute atomic E-state index is 0.735. The van der Waals surface area contributed by atoms with Crippen molar-refractivity contribution in [1.29, 1.82) is 0 Å². The van der Waals surface area contributed by atoms with Gasteiger partial charge < -0.3 is 4.90 Å². The molecule has 0 aliphatic heterocycles. The van der Waals surface area contributed by atoms with Gasteiger partial charge in [-0.05, 0) is 12.8 Å². The highest BCUT2D eigenvalue weighted by Gasteiger charge is 1.88. The molecule has 0 aliphatic rings. The zero-order chi connectivity index (χ0) is 10.6. The predicted molar refractivity (Wildman–Crippen MR) is 61.2 cm³/mol. The van der Waals surface area contributed by atoms with Crippen molar-refractivity contribution in [1.82, 2.24) is 4.90 Å². The molecule has 0 radical (unpaired) electrons. The van der Waals surface area contributed by atoms with Crippen LogP contribution in [-0.4, -0.2) is 24.9 Å². The zero-order valence-electron chi connectivity index (χ0n) is 9.54. The average molecular weight is 197 g/mol. The van der Waals surface area contributed by atoms with E-state index in [4.69, 9.17) is 0 Å². The zero-order valence-corrected chi connectivity index (χ0v) is 9.54. The van der Waals surface area contributed by atoms with Crippen LogP contribution < -0.4 is 0 Å². The van der Waals surface area contributed by atoms with Crippen molar-refractivity contribution in [3.8, 4) is 0 Å². The molecule has 0 aromatic carbocycles. The molecule has 0 atom stereocenters. The lowest BCUT2D eigenvalue weighted by Gasteiger charge is -2.04. The minimum atomic E-state index is 0.735. The Labute approximate surface area is 88.0 Å². The van der Waals surface area contributed by atoms with Gasteiger partial charge in [-0.2, -0.15) is 0 Å². The van der Waals surface area contributed by atoms with Gasteiger partial charge in [-0.1, -0.05) is 44.8 Å². The fourth-order valence-electron chi connectivity index (χ4n) is 1.27. The Bertz CT molecular complexity index is 154. The fourth-order valence-corrected chi connectivity index (χ4v) is 1.27. The van der Waals surface area contributed by atoms with Crippen LogP contribution in [0.25, 0.3) is 0 Å². The SMILES string of the molecule is CCCCCCC/C=C/CN(C)C=O. The summed E-state index contributed by atoms with van der Waals surface area (Å²) in [5.74, 6) is 0. The van der Waals surface area contributed by atoms with Crippen LogP contribution in [0.1, 0.15) is 45.4 Å². The van der Waals surface area contributed by atoms with Crippen molar-refractivity contribution >= 4 is 6.41 Å². The lowest BCUT2D eigenvalue weighted by atomic mass is 10.1. The number of nitrogens with zero attached hydrogens (tertiary/aromatic N) is 1. The van der Waals surface area contributed by atoms with Gasteiger partial charge in [-0.3, -0.25) is 4.79 Å². The molecule has 2 nitrogen and oxygen atoms in total. The summed E-state index contributed by atoms with van der Waals surface area (Å²) < 4.78 is 0. The van der Waals surface area contributed by atoms with E-state index in [0.29, 0.717) is 0 Å². The number of amides is 1. The summed E-state index contributed by atoms with van der Waals surface area (Å²) in [6, 6.07) is 0. The molecule has 0 heterocycles. The van der Waals surface area contributed by atoms with E-state index in [1.54, 1.807) is 11.9 Å². The van der Waals surface area contributed by atoms with Crippen molar-refractivity contribution < 1.29 is 4.79 Å². The van der Waals surface area contributed by atoms with Gasteiger partial charge >= 0.3 is 0 Å². The summed E-state index contributed by atoms with van der Waals surface area (Å²) in [6.45, 7) is 2.97. The molecular weight excluding hydrogens is 174 g/mol. The summed E-state index contributed by atoms with van der Waals surface area (Å²) in [7, 11) is 1.79. The van der Waals surface area contributed by atoms with Gasteiger partial charge in [0.25, 0.3) is 0 Å². The summed E-state index contributed by atoms with van der Waals surface area (Å²) in [5.41, 5.74) is 0. The second-order valence-corrected chi connectivity index (χ2v) is 3.72. The average Bonchev–Trinajstić information content (AvgIpc) is 2.21. The topological polar surface area (TPSA) is 20.3 Å². The molecule has 0 saturated carbocycles. The molecule has 0 aromatic heterocycles. The quantitative estimate of drug-likeness (QED) is 0.316. The van der Waals surface area contributed by atoms with Gasteiger partial charge in [-0.15, -0.1) is 0 Å². The molecule has 0 fully saturated rings. The van der Waals surface area contributed by atoms with Crippen molar-refractivity contribution in [3.63, 3.8) is 0 Å². The Kier molecular flexibility index (Phi) is 9.71. The molecule has 2 heteroatoms. The van der Waals surface area contributed by atoms with Gasteiger partial charge in [0.2, 0.25) is 6.41 Å². The predicted octanol–water partition coefficient (Wildman–Crippen LogP) is 2.99. The van der Waals surface area contributed by atoms with Crippen molar-refractivity contribution in [2.24, 2.45) is 0 Å². The first-order valence-corrected chi connectivity index (χ1v) is 5.61. The summed E-state index contributed by atoms with van der Waals surface area (Å²) in [4.78, 5) is 11.9. The maximum absolute atomic E-state index is 10.2. The number of allylic oxidation sites excluding steroid dienone is 1. The fraction of sp³-hybridized carbons (Fsp3) is 0.750. The first-order chi connectivity index (χ1) is 6.81. The van der Waals surface area contributed by atoms with Gasteiger partial charge in [0.1, 0.15) is 0 Å². The van der Waals surface area contributed by atoms with E-state index < -0.39 is 0 Å². The molecule has 0 rings (SSSR count). The molecule has 0 aromatic rings. The van der Waals surface area contributed by atoms with E-state index >= 15 is 0 Å². The molecular formula is C12H23NO. The van der Waals surface area contributed by atoms with Gasteiger partial charge in [0, 0.05) is 13.6 Å². The van der Waals surface area contributed by atoms with E-state index in [-0.39, 0.29) is 0 Å². The highest BCUT2D eigenvalue weighted by atomic mass is 16.1. The maximum atomic E-state index is 10.2. The number of hydrogen-bond donors (Lipinski definition) is 0. The second-order valence-electron chi connectivity index (χ2n) is 3.72. The summed E-state index contributed by atoms with van der Waals surface area (Å²) in [5, 5.41) is 0. The van der Waals surface area contributed by atoms with Crippen LogP contribution in [0.2, 0.25) is 0 Å². The van der Waals surface area contributed by atoms with Gasteiger partial charge in [-0.25, -0.2) is 0 Å². The smallest absolute Gasteiger partial charge is 0.209 e. The summed E-state index contributed by atoms with van der Waals surface area (Å²) in [6.07, 6.45) is 12.9. The molecule has 0 aliphatic carbocycles. The monoisotopic (exact) mass is 197 g/mol. The molecule has 0 saturated heterocycles. The third-order valence-corrected chi connectivity index (χ3v) is 2.21. The molecule has 0 unspecified atom stereocenters. The summed E-state index contributed by atoms with van der Waals surface area (Å²) >= 11 is 0. The Morgan fingerprint density at radius 1 is 1.07 bits per heavy atom. The largest absolute Gasteiger partial charge is 0.345 e. The van der Waals surface area contributed by atoms with Crippen molar-refractivity contribution in [3.05, 3.63) is 12.2 Å². The van der Waals surface area contributed by atoms with Crippen molar-refractivity contribution in [2.45, 2.75) is 45.4 Å². The highest BCUT2D eigenvalue weighted by molar-refractivity contribution is 5.46. The standard InChI is InChI=1S/C12H23NO/c1-3-4-5-6-7-8-9-10-11-13(2)12-14/h9-10,12H,3-8,11H2,1-2H3/b10-9+. The molecule has 82 valence electrons. The number of carbonyl (C=O) groups excluding carboxylic acids is 1. The number of hydrogen-bond acceptors (Lipinski definition) is 1. The number of carbonyl (C=O) groups is 1. The molecule has 14 heavy (non-hydrogen) atoms. The van der Waals surface area contributed by atoms with Crippen LogP contribution >= 0.6 is 0 Å². The Morgan fingerprint density at radius 3 is 2.43 bits per heavy atom. The normalized spacial score (nSPS) is 10.7. The second kappa shape index (κ2) is 10.3. The molecule has 0 N–H and O–H groups in total. The number of likely N-dealkylation sites (N-methyl/N-ethyl adjacent to an activating group) is 1. The van der Waals surface area contributed by atoms with Crippen LogP contribution in [0.5, 0.6) is 0 Å². The van der Waals surface area contributed by atoms with E-state index in [1.807, 2.05) is 0 Å². The lowest BCUT2D eigenvalue weighted by Crippen LogP contribution is -2.14. The van der Waals surface area contributed by atoms with Crippen LogP contribution in [0.4, 0.5) is 0 Å². The van der Waals surface area contributed by atoms with Crippen LogP contribution in [0.15, 0.2) is 12.2 Å². The number of rotatable bonds is 9. The first-order valence-electron chi connectivity index (χ1n) is 5.61. The minimum Gasteiger partial charge on any atom is -0.345 e. The third-order valence-electron chi connectivity index (χ3n) is 2.21. The van der Waals surface area contributed by atoms with E-state index in [9.17, 15) is 4.79 Å².